The van der Waals surface area contributed by atoms with Crippen LogP contribution in [0.1, 0.15) is 38.3 Å². The number of anilines is 1. The number of urea groups is 1. The highest BCUT2D eigenvalue weighted by molar-refractivity contribution is 5.88. The maximum Gasteiger partial charge on any atom is 0.320 e. The lowest BCUT2D eigenvalue weighted by Crippen LogP contribution is -2.34. The number of amides is 2. The van der Waals surface area contributed by atoms with Crippen LogP contribution in [0.25, 0.3) is 0 Å². The second-order valence-corrected chi connectivity index (χ2v) is 5.85. The molecule has 118 valence electrons. The number of nitrogens with one attached hydrogen (secondary N) is 2. The Morgan fingerprint density at radius 3 is 2.90 bits per heavy atom. The Morgan fingerprint density at radius 1 is 1.48 bits per heavy atom. The molecule has 2 amide bonds. The average molecular weight is 294 g/mol. The number of hydrogen-bond acceptors (Lipinski definition) is 3. The van der Waals surface area contributed by atoms with Crippen molar-refractivity contribution in [1.82, 2.24) is 15.1 Å². The van der Waals surface area contributed by atoms with Crippen LogP contribution in [0.3, 0.4) is 0 Å². The Hall–Kier alpha value is -1.56. The molecule has 0 aromatic carbocycles. The molecule has 1 aliphatic rings. The molecule has 0 radical (unpaired) electrons. The highest BCUT2D eigenvalue weighted by Crippen LogP contribution is 2.25. The fraction of sp³-hybridized carbons (Fsp3) is 0.733. The van der Waals surface area contributed by atoms with Gasteiger partial charge in [-0.1, -0.05) is 19.8 Å². The Labute approximate surface area is 126 Å². The Morgan fingerprint density at radius 2 is 2.24 bits per heavy atom. The number of hydrogen-bond donors (Lipinski definition) is 2. The molecular weight excluding hydrogens is 268 g/mol. The Bertz CT molecular complexity index is 472. The van der Waals surface area contributed by atoms with E-state index in [4.69, 9.17) is 4.74 Å². The second kappa shape index (κ2) is 7.45. The maximum atomic E-state index is 11.8. The number of aromatic nitrogens is 2. The van der Waals surface area contributed by atoms with Gasteiger partial charge in [-0.3, -0.25) is 10.00 Å². The third-order valence-corrected chi connectivity index (χ3v) is 4.00. The molecule has 2 rings (SSSR count). The molecule has 2 N–H and O–H groups in total. The highest BCUT2D eigenvalue weighted by atomic mass is 16.5. The van der Waals surface area contributed by atoms with Crippen molar-refractivity contribution >= 4 is 11.8 Å². The number of carbonyl (C=O) groups excluding carboxylic acids is 1. The van der Waals surface area contributed by atoms with E-state index in [0.29, 0.717) is 31.0 Å². The van der Waals surface area contributed by atoms with Gasteiger partial charge >= 0.3 is 6.03 Å². The monoisotopic (exact) mass is 294 g/mol. The summed E-state index contributed by atoms with van der Waals surface area (Å²) in [6, 6.07) is 1.61. The van der Waals surface area contributed by atoms with E-state index in [1.165, 1.54) is 19.3 Å². The summed E-state index contributed by atoms with van der Waals surface area (Å²) < 4.78 is 7.51. The van der Waals surface area contributed by atoms with Crippen molar-refractivity contribution in [1.29, 1.82) is 0 Å². The van der Waals surface area contributed by atoms with Gasteiger partial charge in [0.1, 0.15) is 5.82 Å². The summed E-state index contributed by atoms with van der Waals surface area (Å²) in [5.41, 5.74) is 0.877. The van der Waals surface area contributed by atoms with Crippen molar-refractivity contribution in [2.24, 2.45) is 13.0 Å². The van der Waals surface area contributed by atoms with Crippen LogP contribution in [-0.4, -0.2) is 35.1 Å². The molecule has 6 nitrogen and oxygen atoms in total. The van der Waals surface area contributed by atoms with Gasteiger partial charge in [0.15, 0.2) is 0 Å². The quantitative estimate of drug-likeness (QED) is 0.820. The SMILES string of the molecule is Cc1cc(NC(=O)NCCOC2CCCCC2C)n(C)n1. The topological polar surface area (TPSA) is 68.2 Å². The zero-order chi connectivity index (χ0) is 15.2. The number of aryl methyl sites for hydroxylation is 2. The summed E-state index contributed by atoms with van der Waals surface area (Å²) in [5.74, 6) is 1.32. The lowest BCUT2D eigenvalue weighted by atomic mass is 9.88. The molecule has 0 bridgehead atoms. The molecule has 1 aromatic heterocycles. The fourth-order valence-electron chi connectivity index (χ4n) is 2.79. The molecule has 1 aromatic rings. The first-order chi connectivity index (χ1) is 10.1. The third-order valence-electron chi connectivity index (χ3n) is 4.00. The summed E-state index contributed by atoms with van der Waals surface area (Å²) in [4.78, 5) is 11.8. The van der Waals surface area contributed by atoms with E-state index >= 15 is 0 Å². The van der Waals surface area contributed by atoms with E-state index in [9.17, 15) is 4.79 Å². The van der Waals surface area contributed by atoms with Crippen molar-refractivity contribution < 1.29 is 9.53 Å². The first-order valence-corrected chi connectivity index (χ1v) is 7.73. The molecule has 1 heterocycles. The van der Waals surface area contributed by atoms with Crippen molar-refractivity contribution in [2.75, 3.05) is 18.5 Å². The Kier molecular flexibility index (Phi) is 5.61. The predicted octanol–water partition coefficient (Wildman–Crippen LogP) is 2.45. The lowest BCUT2D eigenvalue weighted by molar-refractivity contribution is -0.00232. The standard InChI is InChI=1S/C15H26N4O2/c1-11-6-4-5-7-13(11)21-9-8-16-15(20)17-14-10-12(2)18-19(14)3/h10-11,13H,4-9H2,1-3H3,(H2,16,17,20). The van der Waals surface area contributed by atoms with Gasteiger partial charge < -0.3 is 10.1 Å². The minimum atomic E-state index is -0.224. The lowest BCUT2D eigenvalue weighted by Gasteiger charge is -2.28. The maximum absolute atomic E-state index is 11.8. The van der Waals surface area contributed by atoms with Crippen LogP contribution in [-0.2, 0) is 11.8 Å². The number of carbonyl (C=O) groups is 1. The molecule has 2 unspecified atom stereocenters. The van der Waals surface area contributed by atoms with Crippen LogP contribution in [0.2, 0.25) is 0 Å². The van der Waals surface area contributed by atoms with E-state index in [1.54, 1.807) is 11.7 Å². The van der Waals surface area contributed by atoms with E-state index < -0.39 is 0 Å². The van der Waals surface area contributed by atoms with E-state index in [2.05, 4.69) is 22.7 Å². The number of rotatable bonds is 5. The summed E-state index contributed by atoms with van der Waals surface area (Å²) in [7, 11) is 1.80. The molecular formula is C15H26N4O2. The second-order valence-electron chi connectivity index (χ2n) is 5.85. The van der Waals surface area contributed by atoms with Crippen LogP contribution in [0, 0.1) is 12.8 Å². The van der Waals surface area contributed by atoms with Gasteiger partial charge in [-0.2, -0.15) is 5.10 Å². The molecule has 1 aliphatic carbocycles. The number of ether oxygens (including phenoxy) is 1. The minimum absolute atomic E-state index is 0.224. The van der Waals surface area contributed by atoms with E-state index in [0.717, 1.165) is 12.1 Å². The molecule has 21 heavy (non-hydrogen) atoms. The van der Waals surface area contributed by atoms with Crippen LogP contribution >= 0.6 is 0 Å². The van der Waals surface area contributed by atoms with Crippen molar-refractivity contribution in [3.63, 3.8) is 0 Å². The predicted molar refractivity (Wildman–Crippen MR) is 82.3 cm³/mol. The van der Waals surface area contributed by atoms with Crippen molar-refractivity contribution in [2.45, 2.75) is 45.6 Å². The molecule has 6 heteroatoms. The fourth-order valence-corrected chi connectivity index (χ4v) is 2.79. The number of nitrogens with zero attached hydrogens (tertiary/aromatic N) is 2. The molecule has 2 atom stereocenters. The Balaban J connectivity index is 1.64. The largest absolute Gasteiger partial charge is 0.376 e. The zero-order valence-corrected chi connectivity index (χ0v) is 13.2. The summed E-state index contributed by atoms with van der Waals surface area (Å²) in [6.07, 6.45) is 5.30. The van der Waals surface area contributed by atoms with Gasteiger partial charge in [0.25, 0.3) is 0 Å². The summed E-state index contributed by atoms with van der Waals surface area (Å²) in [5, 5.41) is 9.76. The smallest absolute Gasteiger partial charge is 0.320 e. The summed E-state index contributed by atoms with van der Waals surface area (Å²) in [6.45, 7) is 5.22. The van der Waals surface area contributed by atoms with Gasteiger partial charge in [0, 0.05) is 19.7 Å². The van der Waals surface area contributed by atoms with Gasteiger partial charge in [-0.05, 0) is 25.7 Å². The van der Waals surface area contributed by atoms with Crippen LogP contribution in [0.15, 0.2) is 6.07 Å². The van der Waals surface area contributed by atoms with E-state index in [1.807, 2.05) is 13.0 Å². The van der Waals surface area contributed by atoms with Gasteiger partial charge in [0.05, 0.1) is 18.4 Å². The normalized spacial score (nSPS) is 22.0. The van der Waals surface area contributed by atoms with Gasteiger partial charge in [-0.15, -0.1) is 0 Å². The average Bonchev–Trinajstić information content (AvgIpc) is 2.75. The van der Waals surface area contributed by atoms with Crippen LogP contribution in [0.4, 0.5) is 10.6 Å². The first kappa shape index (κ1) is 15.8. The minimum Gasteiger partial charge on any atom is -0.376 e. The van der Waals surface area contributed by atoms with Crippen molar-refractivity contribution in [3.05, 3.63) is 11.8 Å². The molecule has 1 saturated carbocycles. The van der Waals surface area contributed by atoms with Crippen LogP contribution < -0.4 is 10.6 Å². The highest BCUT2D eigenvalue weighted by Gasteiger charge is 2.21. The summed E-state index contributed by atoms with van der Waals surface area (Å²) >= 11 is 0. The van der Waals surface area contributed by atoms with Crippen molar-refractivity contribution in [3.8, 4) is 0 Å². The molecule has 1 fully saturated rings. The molecule has 0 spiro atoms. The third kappa shape index (κ3) is 4.74. The van der Waals surface area contributed by atoms with Gasteiger partial charge in [0.2, 0.25) is 0 Å². The molecule has 0 aliphatic heterocycles. The first-order valence-electron chi connectivity index (χ1n) is 7.73. The zero-order valence-electron chi connectivity index (χ0n) is 13.2. The van der Waals surface area contributed by atoms with Crippen LogP contribution in [0.5, 0.6) is 0 Å². The van der Waals surface area contributed by atoms with Gasteiger partial charge in [-0.25, -0.2) is 4.79 Å². The van der Waals surface area contributed by atoms with E-state index in [-0.39, 0.29) is 6.03 Å². The molecule has 0 saturated heterocycles.